The van der Waals surface area contributed by atoms with E-state index in [1.807, 2.05) is 31.2 Å². The average Bonchev–Trinajstić information content (AvgIpc) is 3.18. The van der Waals surface area contributed by atoms with Crippen molar-refractivity contribution in [3.63, 3.8) is 0 Å². The van der Waals surface area contributed by atoms with Gasteiger partial charge in [-0.25, -0.2) is 13.2 Å². The second kappa shape index (κ2) is 8.44. The van der Waals surface area contributed by atoms with Crippen molar-refractivity contribution in [1.82, 2.24) is 10.2 Å². The normalized spacial score (nSPS) is 13.2. The van der Waals surface area contributed by atoms with Gasteiger partial charge in [-0.2, -0.15) is 0 Å². The molecule has 0 bridgehead atoms. The number of aromatic nitrogens is 2. The van der Waals surface area contributed by atoms with Crippen LogP contribution in [0.25, 0.3) is 11.5 Å². The molecule has 0 spiro atoms. The molecule has 3 rings (SSSR count). The molecule has 0 saturated carbocycles. The number of aryl methyl sites for hydroxylation is 1. The van der Waals surface area contributed by atoms with E-state index in [4.69, 9.17) is 4.42 Å². The first-order valence-corrected chi connectivity index (χ1v) is 8.92. The lowest BCUT2D eigenvalue weighted by Gasteiger charge is -2.18. The highest BCUT2D eigenvalue weighted by Gasteiger charge is 2.25. The Balaban J connectivity index is 1.65. The summed E-state index contributed by atoms with van der Waals surface area (Å²) in [6.45, 7) is 3.67. The predicted octanol–water partition coefficient (Wildman–Crippen LogP) is 2.68. The molecule has 2 aromatic carbocycles. The van der Waals surface area contributed by atoms with Gasteiger partial charge in [0.05, 0.1) is 12.7 Å². The lowest BCUT2D eigenvalue weighted by Crippen LogP contribution is -3.10. The quantitative estimate of drug-likeness (QED) is 0.619. The summed E-state index contributed by atoms with van der Waals surface area (Å²) in [6.07, 6.45) is 0. The standard InChI is InChI=1S/C20H19F3N4O2/c1-11-5-4-6-13(9-11)20-26-25-19(29-20)12(2)27(3)10-16(28)24-15-8-7-14(21)17(22)18(15)23/h4-9,12H,10H2,1-3H3,(H,24,28)/p+1/t12-/m1/s1. The SMILES string of the molecule is Cc1cccc(-c2nnc([C@@H](C)[NH+](C)CC(=O)Nc3ccc(F)c(F)c3F)o2)c1. The molecule has 29 heavy (non-hydrogen) atoms. The molecular weight excluding hydrogens is 385 g/mol. The monoisotopic (exact) mass is 405 g/mol. The van der Waals surface area contributed by atoms with Crippen LogP contribution in [0.2, 0.25) is 0 Å². The van der Waals surface area contributed by atoms with E-state index in [1.165, 1.54) is 0 Å². The Morgan fingerprint density at radius 2 is 1.93 bits per heavy atom. The number of carbonyl (C=O) groups excluding carboxylic acids is 1. The lowest BCUT2D eigenvalue weighted by molar-refractivity contribution is -0.903. The Hall–Kier alpha value is -3.20. The molecule has 9 heteroatoms. The van der Waals surface area contributed by atoms with E-state index >= 15 is 0 Å². The zero-order valence-corrected chi connectivity index (χ0v) is 16.1. The molecule has 0 fully saturated rings. The van der Waals surface area contributed by atoms with Gasteiger partial charge in [0.15, 0.2) is 30.0 Å². The van der Waals surface area contributed by atoms with Crippen LogP contribution in [0.4, 0.5) is 18.9 Å². The fourth-order valence-electron chi connectivity index (χ4n) is 2.74. The zero-order chi connectivity index (χ0) is 21.1. The number of hydrogen-bond donors (Lipinski definition) is 2. The molecule has 0 aliphatic heterocycles. The highest BCUT2D eigenvalue weighted by molar-refractivity contribution is 5.91. The maximum absolute atomic E-state index is 13.7. The summed E-state index contributed by atoms with van der Waals surface area (Å²) in [6, 6.07) is 9.00. The molecule has 0 saturated heterocycles. The van der Waals surface area contributed by atoms with Gasteiger partial charge in [-0.15, -0.1) is 10.2 Å². The maximum Gasteiger partial charge on any atom is 0.279 e. The van der Waals surface area contributed by atoms with Crippen LogP contribution < -0.4 is 10.2 Å². The minimum Gasteiger partial charge on any atom is -0.415 e. The van der Waals surface area contributed by atoms with Gasteiger partial charge in [0.2, 0.25) is 5.89 Å². The molecule has 0 aliphatic rings. The number of hydrogen-bond acceptors (Lipinski definition) is 4. The Bertz CT molecular complexity index is 1040. The number of anilines is 1. The summed E-state index contributed by atoms with van der Waals surface area (Å²) in [4.78, 5) is 12.9. The first kappa shape index (κ1) is 20.5. The Morgan fingerprint density at radius 1 is 1.17 bits per heavy atom. The molecule has 1 amide bonds. The molecule has 1 heterocycles. The summed E-state index contributed by atoms with van der Waals surface area (Å²) < 4.78 is 45.7. The van der Waals surface area contributed by atoms with Crippen molar-refractivity contribution in [3.8, 4) is 11.5 Å². The molecule has 1 aromatic heterocycles. The van der Waals surface area contributed by atoms with Gasteiger partial charge in [-0.05, 0) is 38.1 Å². The smallest absolute Gasteiger partial charge is 0.279 e. The maximum atomic E-state index is 13.7. The summed E-state index contributed by atoms with van der Waals surface area (Å²) in [7, 11) is 1.72. The zero-order valence-electron chi connectivity index (χ0n) is 16.1. The third-order valence-electron chi connectivity index (χ3n) is 4.56. The fraction of sp³-hybridized carbons (Fsp3) is 0.250. The van der Waals surface area contributed by atoms with Crippen LogP contribution in [0.3, 0.4) is 0 Å². The number of benzene rings is 2. The summed E-state index contributed by atoms with van der Waals surface area (Å²) >= 11 is 0. The van der Waals surface area contributed by atoms with Gasteiger partial charge in [0.1, 0.15) is 0 Å². The number of quaternary nitrogens is 1. The minimum atomic E-state index is -1.63. The van der Waals surface area contributed by atoms with Crippen LogP contribution >= 0.6 is 0 Å². The van der Waals surface area contributed by atoms with E-state index in [0.29, 0.717) is 16.7 Å². The molecule has 2 atom stereocenters. The Morgan fingerprint density at radius 3 is 2.66 bits per heavy atom. The van der Waals surface area contributed by atoms with Crippen molar-refractivity contribution in [3.05, 3.63) is 65.3 Å². The fourth-order valence-corrected chi connectivity index (χ4v) is 2.74. The number of amides is 1. The number of rotatable bonds is 6. The van der Waals surface area contributed by atoms with Crippen LogP contribution in [0.1, 0.15) is 24.4 Å². The van der Waals surface area contributed by atoms with Gasteiger partial charge >= 0.3 is 0 Å². The number of nitrogens with one attached hydrogen (secondary N) is 2. The van der Waals surface area contributed by atoms with Crippen LogP contribution in [0.5, 0.6) is 0 Å². The number of halogens is 3. The van der Waals surface area contributed by atoms with Crippen molar-refractivity contribution in [2.24, 2.45) is 0 Å². The molecule has 3 aromatic rings. The Labute approximate surface area is 165 Å². The molecule has 1 unspecified atom stereocenters. The van der Waals surface area contributed by atoms with Crippen LogP contribution in [0, 0.1) is 24.4 Å². The van der Waals surface area contributed by atoms with Crippen molar-refractivity contribution >= 4 is 11.6 Å². The van der Waals surface area contributed by atoms with Crippen molar-refractivity contribution in [2.75, 3.05) is 18.9 Å². The van der Waals surface area contributed by atoms with Gasteiger partial charge in [-0.3, -0.25) is 4.79 Å². The number of nitrogens with zero attached hydrogens (tertiary/aromatic N) is 2. The number of carbonyl (C=O) groups is 1. The third kappa shape index (κ3) is 4.62. The van der Waals surface area contributed by atoms with Gasteiger partial charge in [0.25, 0.3) is 11.8 Å². The first-order valence-electron chi connectivity index (χ1n) is 8.92. The topological polar surface area (TPSA) is 72.5 Å². The van der Waals surface area contributed by atoms with E-state index in [1.54, 1.807) is 14.0 Å². The van der Waals surface area contributed by atoms with Crippen LogP contribution in [0.15, 0.2) is 40.8 Å². The predicted molar refractivity (Wildman–Crippen MR) is 99.6 cm³/mol. The van der Waals surface area contributed by atoms with E-state index in [-0.39, 0.29) is 12.6 Å². The van der Waals surface area contributed by atoms with Crippen LogP contribution in [-0.2, 0) is 4.79 Å². The van der Waals surface area contributed by atoms with Crippen molar-refractivity contribution in [2.45, 2.75) is 19.9 Å². The highest BCUT2D eigenvalue weighted by Crippen LogP contribution is 2.21. The molecule has 2 N–H and O–H groups in total. The Kier molecular flexibility index (Phi) is 5.97. The molecule has 6 nitrogen and oxygen atoms in total. The molecule has 0 aliphatic carbocycles. The van der Waals surface area contributed by atoms with Crippen LogP contribution in [-0.4, -0.2) is 29.7 Å². The van der Waals surface area contributed by atoms with Crippen molar-refractivity contribution < 1.29 is 27.3 Å². The number of likely N-dealkylation sites (N-methyl/N-ethyl adjacent to an activating group) is 1. The third-order valence-corrected chi connectivity index (χ3v) is 4.56. The summed E-state index contributed by atoms with van der Waals surface area (Å²) in [5, 5.41) is 10.3. The second-order valence-corrected chi connectivity index (χ2v) is 6.83. The average molecular weight is 405 g/mol. The minimum absolute atomic E-state index is 0.0816. The highest BCUT2D eigenvalue weighted by atomic mass is 19.2. The molecule has 152 valence electrons. The second-order valence-electron chi connectivity index (χ2n) is 6.83. The molecule has 0 radical (unpaired) electrons. The van der Waals surface area contributed by atoms with E-state index < -0.39 is 29.0 Å². The van der Waals surface area contributed by atoms with E-state index in [0.717, 1.165) is 23.3 Å². The van der Waals surface area contributed by atoms with E-state index in [2.05, 4.69) is 15.5 Å². The van der Waals surface area contributed by atoms with Gasteiger partial charge in [0, 0.05) is 5.56 Å². The first-order chi connectivity index (χ1) is 13.8. The van der Waals surface area contributed by atoms with Gasteiger partial charge < -0.3 is 14.6 Å². The summed E-state index contributed by atoms with van der Waals surface area (Å²) in [5.74, 6) is -4.26. The largest absolute Gasteiger partial charge is 0.415 e. The van der Waals surface area contributed by atoms with Crippen molar-refractivity contribution in [1.29, 1.82) is 0 Å². The summed E-state index contributed by atoms with van der Waals surface area (Å²) in [5.41, 5.74) is 1.42. The van der Waals surface area contributed by atoms with E-state index in [9.17, 15) is 18.0 Å². The lowest BCUT2D eigenvalue weighted by atomic mass is 10.1. The van der Waals surface area contributed by atoms with Gasteiger partial charge in [-0.1, -0.05) is 17.7 Å². The molecular formula is C20H20F3N4O2+.